The summed E-state index contributed by atoms with van der Waals surface area (Å²) in [5, 5.41) is 0. The van der Waals surface area contributed by atoms with Crippen LogP contribution < -0.4 is 0 Å². The van der Waals surface area contributed by atoms with Crippen LogP contribution in [0, 0.1) is 5.82 Å². The van der Waals surface area contributed by atoms with Gasteiger partial charge >= 0.3 is 5.97 Å². The molecule has 0 aromatic heterocycles. The lowest BCUT2D eigenvalue weighted by atomic mass is 10.0. The van der Waals surface area contributed by atoms with Gasteiger partial charge in [0.2, 0.25) is 5.91 Å². The third kappa shape index (κ3) is 5.53. The van der Waals surface area contributed by atoms with Crippen molar-refractivity contribution in [3.8, 4) is 0 Å². The van der Waals surface area contributed by atoms with Crippen LogP contribution in [0.4, 0.5) is 4.39 Å². The van der Waals surface area contributed by atoms with Crippen LogP contribution in [0.1, 0.15) is 32.3 Å². The Morgan fingerprint density at radius 3 is 2.28 bits per heavy atom. The summed E-state index contributed by atoms with van der Waals surface area (Å²) in [4.78, 5) is 27.7. The Bertz CT molecular complexity index is 579. The van der Waals surface area contributed by atoms with Gasteiger partial charge in [-0.25, -0.2) is 4.39 Å². The number of esters is 1. The highest BCUT2D eigenvalue weighted by Gasteiger charge is 2.31. The van der Waals surface area contributed by atoms with Gasteiger partial charge in [-0.2, -0.15) is 0 Å². The van der Waals surface area contributed by atoms with Crippen molar-refractivity contribution in [2.45, 2.75) is 45.2 Å². The molecule has 1 aliphatic heterocycles. The molecule has 1 amide bonds. The SMILES string of the molecule is COC(=O)CCC(=O)N1CC(C)N(CCc2ccc(F)cc2)C(C)C1. The van der Waals surface area contributed by atoms with E-state index >= 15 is 0 Å². The van der Waals surface area contributed by atoms with Crippen LogP contribution in [-0.4, -0.2) is 60.5 Å². The maximum Gasteiger partial charge on any atom is 0.306 e. The smallest absolute Gasteiger partial charge is 0.306 e. The summed E-state index contributed by atoms with van der Waals surface area (Å²) >= 11 is 0. The number of amides is 1. The minimum atomic E-state index is -0.354. The molecule has 1 aliphatic rings. The third-order valence-electron chi connectivity index (χ3n) is 4.80. The summed E-state index contributed by atoms with van der Waals surface area (Å²) in [6, 6.07) is 7.09. The Hall–Kier alpha value is -1.95. The number of halogens is 1. The second kappa shape index (κ2) is 8.94. The topological polar surface area (TPSA) is 49.9 Å². The van der Waals surface area contributed by atoms with Gasteiger partial charge in [-0.15, -0.1) is 0 Å². The molecule has 1 heterocycles. The Balaban J connectivity index is 1.85. The van der Waals surface area contributed by atoms with Gasteiger partial charge in [0.05, 0.1) is 13.5 Å². The molecule has 0 radical (unpaired) electrons. The second-order valence-corrected chi connectivity index (χ2v) is 6.69. The van der Waals surface area contributed by atoms with E-state index in [-0.39, 0.29) is 42.6 Å². The number of benzene rings is 1. The van der Waals surface area contributed by atoms with Crippen molar-refractivity contribution in [2.24, 2.45) is 0 Å². The molecular weight excluding hydrogens is 323 g/mol. The lowest BCUT2D eigenvalue weighted by Gasteiger charge is -2.44. The van der Waals surface area contributed by atoms with Crippen molar-refractivity contribution in [1.82, 2.24) is 9.80 Å². The van der Waals surface area contributed by atoms with Crippen molar-refractivity contribution in [3.05, 3.63) is 35.6 Å². The van der Waals surface area contributed by atoms with Crippen LogP contribution in [0.2, 0.25) is 0 Å². The van der Waals surface area contributed by atoms with Crippen LogP contribution in [0.15, 0.2) is 24.3 Å². The molecule has 1 aromatic carbocycles. The largest absolute Gasteiger partial charge is 0.469 e. The molecule has 1 aromatic rings. The van der Waals surface area contributed by atoms with Gasteiger partial charge in [0, 0.05) is 38.1 Å². The summed E-state index contributed by atoms with van der Waals surface area (Å²) in [5.74, 6) is -0.570. The molecule has 5 nitrogen and oxygen atoms in total. The first-order valence-corrected chi connectivity index (χ1v) is 8.75. The fourth-order valence-electron chi connectivity index (χ4n) is 3.38. The van der Waals surface area contributed by atoms with E-state index < -0.39 is 0 Å². The maximum atomic E-state index is 13.0. The van der Waals surface area contributed by atoms with E-state index in [1.165, 1.54) is 19.2 Å². The van der Waals surface area contributed by atoms with Crippen molar-refractivity contribution < 1.29 is 18.7 Å². The minimum absolute atomic E-state index is 0.00212. The summed E-state index contributed by atoms with van der Waals surface area (Å²) in [6.45, 7) is 6.42. The normalized spacial score (nSPS) is 21.2. The zero-order chi connectivity index (χ0) is 18.4. The number of ether oxygens (including phenoxy) is 1. The van der Waals surface area contributed by atoms with Crippen molar-refractivity contribution >= 4 is 11.9 Å². The highest BCUT2D eigenvalue weighted by atomic mass is 19.1. The highest BCUT2D eigenvalue weighted by molar-refractivity contribution is 5.81. The number of nitrogens with zero attached hydrogens (tertiary/aromatic N) is 2. The lowest BCUT2D eigenvalue weighted by Crippen LogP contribution is -2.58. The molecular formula is C19H27FN2O3. The van der Waals surface area contributed by atoms with Crippen LogP contribution >= 0.6 is 0 Å². The minimum Gasteiger partial charge on any atom is -0.469 e. The van der Waals surface area contributed by atoms with E-state index in [2.05, 4.69) is 23.5 Å². The zero-order valence-electron chi connectivity index (χ0n) is 15.2. The standard InChI is InChI=1S/C19H27FN2O3/c1-14-12-21(18(23)8-9-19(24)25-3)13-15(2)22(14)11-10-16-4-6-17(20)7-5-16/h4-7,14-15H,8-13H2,1-3H3. The van der Waals surface area contributed by atoms with Crippen LogP contribution in [0.3, 0.4) is 0 Å². The van der Waals surface area contributed by atoms with Crippen LogP contribution in [-0.2, 0) is 20.7 Å². The molecule has 0 N–H and O–H groups in total. The van der Waals surface area contributed by atoms with Gasteiger partial charge in [-0.3, -0.25) is 14.5 Å². The molecule has 2 unspecified atom stereocenters. The average Bonchev–Trinajstić information content (AvgIpc) is 2.59. The van der Waals surface area contributed by atoms with Gasteiger partial charge in [-0.05, 0) is 38.0 Å². The predicted molar refractivity (Wildman–Crippen MR) is 93.6 cm³/mol. The van der Waals surface area contributed by atoms with Crippen molar-refractivity contribution in [1.29, 1.82) is 0 Å². The molecule has 0 bridgehead atoms. The zero-order valence-corrected chi connectivity index (χ0v) is 15.2. The molecule has 0 saturated carbocycles. The van der Waals surface area contributed by atoms with E-state index in [4.69, 9.17) is 0 Å². The van der Waals surface area contributed by atoms with Gasteiger partial charge in [0.25, 0.3) is 0 Å². The number of rotatable bonds is 6. The number of carbonyl (C=O) groups excluding carboxylic acids is 2. The molecule has 2 rings (SSSR count). The molecule has 6 heteroatoms. The molecule has 0 spiro atoms. The first-order valence-electron chi connectivity index (χ1n) is 8.75. The molecule has 138 valence electrons. The van der Waals surface area contributed by atoms with Crippen molar-refractivity contribution in [2.75, 3.05) is 26.7 Å². The number of piperazine rings is 1. The fourth-order valence-corrected chi connectivity index (χ4v) is 3.38. The Morgan fingerprint density at radius 2 is 1.72 bits per heavy atom. The van der Waals surface area contributed by atoms with E-state index in [0.717, 1.165) is 18.5 Å². The number of methoxy groups -OCH3 is 1. The maximum absolute atomic E-state index is 13.0. The van der Waals surface area contributed by atoms with Crippen LogP contribution in [0.25, 0.3) is 0 Å². The van der Waals surface area contributed by atoms with Gasteiger partial charge in [-0.1, -0.05) is 12.1 Å². The van der Waals surface area contributed by atoms with Crippen LogP contribution in [0.5, 0.6) is 0 Å². The summed E-state index contributed by atoms with van der Waals surface area (Å²) < 4.78 is 17.6. The van der Waals surface area contributed by atoms with E-state index in [1.807, 2.05) is 17.0 Å². The first-order chi connectivity index (χ1) is 11.9. The van der Waals surface area contributed by atoms with E-state index in [0.29, 0.717) is 13.1 Å². The molecule has 2 atom stereocenters. The molecule has 1 fully saturated rings. The number of hydrogen-bond donors (Lipinski definition) is 0. The molecule has 1 saturated heterocycles. The lowest BCUT2D eigenvalue weighted by molar-refractivity contribution is -0.144. The van der Waals surface area contributed by atoms with Gasteiger partial charge in [0.15, 0.2) is 0 Å². The van der Waals surface area contributed by atoms with E-state index in [1.54, 1.807) is 0 Å². The quantitative estimate of drug-likeness (QED) is 0.739. The molecule has 0 aliphatic carbocycles. The molecule has 25 heavy (non-hydrogen) atoms. The summed E-state index contributed by atoms with van der Waals surface area (Å²) in [5.41, 5.74) is 1.11. The Morgan fingerprint density at radius 1 is 1.12 bits per heavy atom. The second-order valence-electron chi connectivity index (χ2n) is 6.69. The Labute approximate surface area is 148 Å². The monoisotopic (exact) mass is 350 g/mol. The highest BCUT2D eigenvalue weighted by Crippen LogP contribution is 2.18. The number of carbonyl (C=O) groups is 2. The summed E-state index contributed by atoms with van der Waals surface area (Å²) in [6.07, 6.45) is 1.18. The predicted octanol–water partition coefficient (Wildman–Crippen LogP) is 2.24. The summed E-state index contributed by atoms with van der Waals surface area (Å²) in [7, 11) is 1.33. The van der Waals surface area contributed by atoms with Gasteiger partial charge in [0.1, 0.15) is 5.82 Å². The average molecular weight is 350 g/mol. The van der Waals surface area contributed by atoms with Crippen molar-refractivity contribution in [3.63, 3.8) is 0 Å². The third-order valence-corrected chi connectivity index (χ3v) is 4.80. The fraction of sp³-hybridized carbons (Fsp3) is 0.579. The Kier molecular flexibility index (Phi) is 6.93. The first kappa shape index (κ1) is 19.4. The number of hydrogen-bond acceptors (Lipinski definition) is 4. The van der Waals surface area contributed by atoms with E-state index in [9.17, 15) is 14.0 Å². The van der Waals surface area contributed by atoms with Gasteiger partial charge < -0.3 is 9.64 Å².